The van der Waals surface area contributed by atoms with Crippen molar-refractivity contribution in [2.24, 2.45) is 0 Å². The predicted octanol–water partition coefficient (Wildman–Crippen LogP) is 3.94. The average Bonchev–Trinajstić information content (AvgIpc) is 2.77. The first kappa shape index (κ1) is 22.4. The zero-order valence-electron chi connectivity index (χ0n) is 17.8. The standard InChI is InChI=1S/C24H26N2O4S/c1-18-10-12-22(13-11-18)30-15-14-25-24(27)20-7-5-9-23(17-20)31(28,29)26(3)21-8-4-6-19(2)16-21/h4-13,16-17H,14-15H2,1-3H3,(H,25,27). The Labute approximate surface area is 183 Å². The van der Waals surface area contributed by atoms with E-state index in [2.05, 4.69) is 5.32 Å². The second-order valence-electron chi connectivity index (χ2n) is 7.26. The third-order valence-electron chi connectivity index (χ3n) is 4.80. The van der Waals surface area contributed by atoms with E-state index in [4.69, 9.17) is 4.74 Å². The van der Waals surface area contributed by atoms with Crippen molar-refractivity contribution in [1.82, 2.24) is 5.32 Å². The molecule has 1 N–H and O–H groups in total. The van der Waals surface area contributed by atoms with Crippen molar-refractivity contribution < 1.29 is 17.9 Å². The summed E-state index contributed by atoms with van der Waals surface area (Å²) in [4.78, 5) is 12.5. The van der Waals surface area contributed by atoms with Crippen molar-refractivity contribution in [2.45, 2.75) is 18.7 Å². The van der Waals surface area contributed by atoms with Gasteiger partial charge in [-0.05, 0) is 61.9 Å². The first-order chi connectivity index (χ1) is 14.8. The Balaban J connectivity index is 1.64. The number of nitrogens with one attached hydrogen (secondary N) is 1. The van der Waals surface area contributed by atoms with Crippen LogP contribution in [0.3, 0.4) is 0 Å². The molecule has 0 aliphatic carbocycles. The second kappa shape index (κ2) is 9.66. The smallest absolute Gasteiger partial charge is 0.264 e. The largest absolute Gasteiger partial charge is 0.492 e. The topological polar surface area (TPSA) is 75.7 Å². The Hall–Kier alpha value is -3.32. The molecule has 3 rings (SSSR count). The van der Waals surface area contributed by atoms with Gasteiger partial charge in [-0.2, -0.15) is 0 Å². The summed E-state index contributed by atoms with van der Waals surface area (Å²) in [6.07, 6.45) is 0. The minimum Gasteiger partial charge on any atom is -0.492 e. The number of amides is 1. The number of anilines is 1. The fraction of sp³-hybridized carbons (Fsp3) is 0.208. The van der Waals surface area contributed by atoms with Crippen LogP contribution in [0.25, 0.3) is 0 Å². The average molecular weight is 439 g/mol. The summed E-state index contributed by atoms with van der Waals surface area (Å²) < 4.78 is 32.9. The van der Waals surface area contributed by atoms with Gasteiger partial charge in [0.1, 0.15) is 12.4 Å². The summed E-state index contributed by atoms with van der Waals surface area (Å²) in [7, 11) is -2.30. The van der Waals surface area contributed by atoms with E-state index in [0.717, 1.165) is 16.9 Å². The van der Waals surface area contributed by atoms with E-state index < -0.39 is 10.0 Å². The molecule has 3 aromatic carbocycles. The molecule has 162 valence electrons. The van der Waals surface area contributed by atoms with E-state index in [9.17, 15) is 13.2 Å². The Morgan fingerprint density at radius 2 is 1.65 bits per heavy atom. The number of hydrogen-bond donors (Lipinski definition) is 1. The second-order valence-corrected chi connectivity index (χ2v) is 9.23. The molecule has 0 saturated heterocycles. The third kappa shape index (κ3) is 5.64. The van der Waals surface area contributed by atoms with Gasteiger partial charge in [-0.1, -0.05) is 35.9 Å². The van der Waals surface area contributed by atoms with E-state index in [0.29, 0.717) is 18.8 Å². The molecule has 6 nitrogen and oxygen atoms in total. The first-order valence-electron chi connectivity index (χ1n) is 9.91. The number of sulfonamides is 1. The molecule has 0 spiro atoms. The van der Waals surface area contributed by atoms with Crippen molar-refractivity contribution in [3.8, 4) is 5.75 Å². The normalized spacial score (nSPS) is 11.1. The lowest BCUT2D eigenvalue weighted by atomic mass is 10.2. The number of rotatable bonds is 8. The van der Waals surface area contributed by atoms with Crippen LogP contribution in [0.15, 0.2) is 77.7 Å². The number of carbonyl (C=O) groups is 1. The van der Waals surface area contributed by atoms with Gasteiger partial charge >= 0.3 is 0 Å². The van der Waals surface area contributed by atoms with Gasteiger partial charge in [0, 0.05) is 12.6 Å². The lowest BCUT2D eigenvalue weighted by Gasteiger charge is -2.20. The number of nitrogens with zero attached hydrogens (tertiary/aromatic N) is 1. The quantitative estimate of drug-likeness (QED) is 0.541. The van der Waals surface area contributed by atoms with Gasteiger partial charge in [0.05, 0.1) is 17.1 Å². The third-order valence-corrected chi connectivity index (χ3v) is 6.58. The molecule has 0 bridgehead atoms. The highest BCUT2D eigenvalue weighted by molar-refractivity contribution is 7.92. The molecule has 0 aliphatic heterocycles. The number of carbonyl (C=O) groups excluding carboxylic acids is 1. The van der Waals surface area contributed by atoms with Gasteiger partial charge in [-0.3, -0.25) is 9.10 Å². The van der Waals surface area contributed by atoms with Crippen LogP contribution in [0.1, 0.15) is 21.5 Å². The molecule has 1 amide bonds. The van der Waals surface area contributed by atoms with Gasteiger partial charge in [0.2, 0.25) is 0 Å². The molecule has 0 heterocycles. The van der Waals surface area contributed by atoms with Crippen LogP contribution in [0.2, 0.25) is 0 Å². The molecule has 31 heavy (non-hydrogen) atoms. The van der Waals surface area contributed by atoms with Gasteiger partial charge in [-0.25, -0.2) is 8.42 Å². The Bertz CT molecular complexity index is 1160. The van der Waals surface area contributed by atoms with E-state index in [-0.39, 0.29) is 16.4 Å². The Kier molecular flexibility index (Phi) is 6.97. The molecule has 7 heteroatoms. The molecular formula is C24H26N2O4S. The summed E-state index contributed by atoms with van der Waals surface area (Å²) in [5.41, 5.74) is 2.93. The van der Waals surface area contributed by atoms with Crippen LogP contribution in [-0.4, -0.2) is 34.5 Å². The minimum absolute atomic E-state index is 0.0556. The molecule has 0 aliphatic rings. The lowest BCUT2D eigenvalue weighted by Crippen LogP contribution is -2.29. The molecule has 0 saturated carbocycles. The van der Waals surface area contributed by atoms with E-state index in [1.807, 2.05) is 44.2 Å². The maximum absolute atomic E-state index is 13.0. The lowest BCUT2D eigenvalue weighted by molar-refractivity contribution is 0.0947. The minimum atomic E-state index is -3.80. The van der Waals surface area contributed by atoms with E-state index in [1.54, 1.807) is 30.3 Å². The van der Waals surface area contributed by atoms with Crippen LogP contribution in [0.4, 0.5) is 5.69 Å². The maximum atomic E-state index is 13.0. The Morgan fingerprint density at radius 3 is 2.35 bits per heavy atom. The van der Waals surface area contributed by atoms with E-state index >= 15 is 0 Å². The fourth-order valence-corrected chi connectivity index (χ4v) is 4.22. The summed E-state index contributed by atoms with van der Waals surface area (Å²) in [6.45, 7) is 4.50. The number of hydrogen-bond acceptors (Lipinski definition) is 4. The van der Waals surface area contributed by atoms with Crippen molar-refractivity contribution >= 4 is 21.6 Å². The predicted molar refractivity (Wildman–Crippen MR) is 122 cm³/mol. The van der Waals surface area contributed by atoms with Crippen molar-refractivity contribution in [3.05, 3.63) is 89.5 Å². The number of ether oxygens (including phenoxy) is 1. The molecule has 0 unspecified atom stereocenters. The molecule has 0 radical (unpaired) electrons. The molecule has 0 aromatic heterocycles. The number of aryl methyl sites for hydroxylation is 2. The van der Waals surface area contributed by atoms with Gasteiger partial charge in [-0.15, -0.1) is 0 Å². The van der Waals surface area contributed by atoms with Gasteiger partial charge in [0.25, 0.3) is 15.9 Å². The van der Waals surface area contributed by atoms with Crippen LogP contribution < -0.4 is 14.4 Å². The SMILES string of the molecule is Cc1ccc(OCCNC(=O)c2cccc(S(=O)(=O)N(C)c3cccc(C)c3)c2)cc1. The summed E-state index contributed by atoms with van der Waals surface area (Å²) in [6, 6.07) is 20.9. The zero-order valence-corrected chi connectivity index (χ0v) is 18.6. The van der Waals surface area contributed by atoms with Crippen LogP contribution >= 0.6 is 0 Å². The number of benzene rings is 3. The van der Waals surface area contributed by atoms with Crippen molar-refractivity contribution in [1.29, 1.82) is 0 Å². The zero-order chi connectivity index (χ0) is 22.4. The van der Waals surface area contributed by atoms with Crippen LogP contribution in [-0.2, 0) is 10.0 Å². The van der Waals surface area contributed by atoms with Crippen molar-refractivity contribution in [3.63, 3.8) is 0 Å². The molecule has 0 fully saturated rings. The van der Waals surface area contributed by atoms with Gasteiger partial charge < -0.3 is 10.1 Å². The highest BCUT2D eigenvalue weighted by Gasteiger charge is 2.22. The highest BCUT2D eigenvalue weighted by atomic mass is 32.2. The summed E-state index contributed by atoms with van der Waals surface area (Å²) in [5.74, 6) is 0.370. The highest BCUT2D eigenvalue weighted by Crippen LogP contribution is 2.23. The van der Waals surface area contributed by atoms with Crippen LogP contribution in [0, 0.1) is 13.8 Å². The molecular weight excluding hydrogens is 412 g/mol. The van der Waals surface area contributed by atoms with Crippen molar-refractivity contribution in [2.75, 3.05) is 24.5 Å². The van der Waals surface area contributed by atoms with Crippen LogP contribution in [0.5, 0.6) is 5.75 Å². The monoisotopic (exact) mass is 438 g/mol. The Morgan fingerprint density at radius 1 is 0.935 bits per heavy atom. The summed E-state index contributed by atoms with van der Waals surface area (Å²) in [5, 5.41) is 2.76. The van der Waals surface area contributed by atoms with Gasteiger partial charge in [0.15, 0.2) is 0 Å². The maximum Gasteiger partial charge on any atom is 0.264 e. The molecule has 0 atom stereocenters. The fourth-order valence-electron chi connectivity index (χ4n) is 2.99. The summed E-state index contributed by atoms with van der Waals surface area (Å²) >= 11 is 0. The first-order valence-corrected chi connectivity index (χ1v) is 11.3. The van der Waals surface area contributed by atoms with E-state index in [1.165, 1.54) is 23.5 Å². The molecule has 3 aromatic rings.